The lowest BCUT2D eigenvalue weighted by atomic mass is 9.97. The van der Waals surface area contributed by atoms with Gasteiger partial charge >= 0.3 is 0 Å². The van der Waals surface area contributed by atoms with Gasteiger partial charge in [0.05, 0.1) is 28.5 Å². The second kappa shape index (κ2) is 14.8. The van der Waals surface area contributed by atoms with Crippen molar-refractivity contribution in [2.75, 3.05) is 26.2 Å². The summed E-state index contributed by atoms with van der Waals surface area (Å²) in [7, 11) is 0. The lowest BCUT2D eigenvalue weighted by Crippen LogP contribution is -2.51. The van der Waals surface area contributed by atoms with Crippen molar-refractivity contribution in [1.29, 1.82) is 0 Å². The Morgan fingerprint density at radius 2 is 1.57 bits per heavy atom. The first-order valence-corrected chi connectivity index (χ1v) is 12.2. The summed E-state index contributed by atoms with van der Waals surface area (Å²) in [4.78, 5) is 40.0. The van der Waals surface area contributed by atoms with Crippen molar-refractivity contribution >= 4 is 40.8 Å². The fourth-order valence-electron chi connectivity index (χ4n) is 3.60. The van der Waals surface area contributed by atoms with Crippen molar-refractivity contribution in [3.63, 3.8) is 0 Å². The van der Waals surface area contributed by atoms with Crippen LogP contribution in [-0.4, -0.2) is 60.8 Å². The van der Waals surface area contributed by atoms with E-state index in [1.54, 1.807) is 18.2 Å². The summed E-state index contributed by atoms with van der Waals surface area (Å²) in [6.45, 7) is 1.20. The zero-order valence-corrected chi connectivity index (χ0v) is 21.1. The van der Waals surface area contributed by atoms with Crippen molar-refractivity contribution in [1.82, 2.24) is 10.2 Å². The SMILES string of the molecule is NCCN(CCN)C(=O)C[C@H](N)C(=O)N[C@@H](CCc1ccccc1)C(=O)Cc1ccc(Cl)c(Cl)c1. The van der Waals surface area contributed by atoms with E-state index in [2.05, 4.69) is 5.32 Å². The molecular formula is C25H33Cl2N5O3. The third-order valence-electron chi connectivity index (χ3n) is 5.51. The minimum Gasteiger partial charge on any atom is -0.345 e. The van der Waals surface area contributed by atoms with Crippen molar-refractivity contribution in [2.24, 2.45) is 17.2 Å². The van der Waals surface area contributed by atoms with Gasteiger partial charge in [0.1, 0.15) is 0 Å². The van der Waals surface area contributed by atoms with Crippen LogP contribution in [0.1, 0.15) is 24.0 Å². The summed E-state index contributed by atoms with van der Waals surface area (Å²) in [5.41, 5.74) is 18.8. The van der Waals surface area contributed by atoms with Crippen LogP contribution >= 0.6 is 23.2 Å². The van der Waals surface area contributed by atoms with Crippen LogP contribution in [-0.2, 0) is 27.2 Å². The molecule has 10 heteroatoms. The first-order valence-electron chi connectivity index (χ1n) is 11.5. The number of carbonyl (C=O) groups excluding carboxylic acids is 3. The number of benzene rings is 2. The number of carbonyl (C=O) groups is 3. The first kappa shape index (κ1) is 28.7. The second-order valence-corrected chi connectivity index (χ2v) is 9.06. The highest BCUT2D eigenvalue weighted by atomic mass is 35.5. The fraction of sp³-hybridized carbons (Fsp3) is 0.400. The smallest absolute Gasteiger partial charge is 0.238 e. The Morgan fingerprint density at radius 1 is 0.914 bits per heavy atom. The summed E-state index contributed by atoms with van der Waals surface area (Å²) >= 11 is 12.1. The molecule has 2 atom stereocenters. The predicted molar refractivity (Wildman–Crippen MR) is 139 cm³/mol. The number of amides is 2. The molecule has 2 aromatic rings. The molecule has 35 heavy (non-hydrogen) atoms. The van der Waals surface area contributed by atoms with Gasteiger partial charge in [-0.2, -0.15) is 0 Å². The van der Waals surface area contributed by atoms with Gasteiger partial charge < -0.3 is 27.4 Å². The van der Waals surface area contributed by atoms with E-state index in [0.29, 0.717) is 41.5 Å². The molecule has 0 saturated carbocycles. The van der Waals surface area contributed by atoms with Crippen LogP contribution in [0.25, 0.3) is 0 Å². The van der Waals surface area contributed by atoms with Crippen molar-refractivity contribution in [3.8, 4) is 0 Å². The van der Waals surface area contributed by atoms with Crippen LogP contribution in [0.4, 0.5) is 0 Å². The average molecular weight is 522 g/mol. The monoisotopic (exact) mass is 521 g/mol. The normalized spacial score (nSPS) is 12.6. The highest BCUT2D eigenvalue weighted by molar-refractivity contribution is 6.42. The maximum Gasteiger partial charge on any atom is 0.238 e. The third kappa shape index (κ3) is 9.58. The molecule has 0 aliphatic heterocycles. The molecule has 190 valence electrons. The molecule has 0 aliphatic carbocycles. The van der Waals surface area contributed by atoms with Crippen LogP contribution in [0, 0.1) is 0 Å². The van der Waals surface area contributed by atoms with Crippen LogP contribution in [0.15, 0.2) is 48.5 Å². The lowest BCUT2D eigenvalue weighted by Gasteiger charge is -2.24. The van der Waals surface area contributed by atoms with Gasteiger partial charge in [-0.1, -0.05) is 59.6 Å². The number of ketones is 1. The molecule has 0 radical (unpaired) electrons. The molecule has 0 bridgehead atoms. The number of aryl methyl sites for hydroxylation is 1. The Kier molecular flexibility index (Phi) is 12.2. The minimum absolute atomic E-state index is 0.0611. The average Bonchev–Trinajstić information content (AvgIpc) is 2.84. The van der Waals surface area contributed by atoms with Gasteiger partial charge in [-0.15, -0.1) is 0 Å². The largest absolute Gasteiger partial charge is 0.345 e. The van der Waals surface area contributed by atoms with Crippen LogP contribution < -0.4 is 22.5 Å². The molecule has 2 amide bonds. The van der Waals surface area contributed by atoms with Crippen LogP contribution in [0.3, 0.4) is 0 Å². The molecule has 0 aromatic heterocycles. The number of halogens is 2. The fourth-order valence-corrected chi connectivity index (χ4v) is 3.93. The zero-order chi connectivity index (χ0) is 25.8. The molecule has 2 aromatic carbocycles. The van der Waals surface area contributed by atoms with E-state index in [1.165, 1.54) is 4.90 Å². The second-order valence-electron chi connectivity index (χ2n) is 8.25. The summed E-state index contributed by atoms with van der Waals surface area (Å²) < 4.78 is 0. The summed E-state index contributed by atoms with van der Waals surface area (Å²) in [6.07, 6.45) is 0.806. The van der Waals surface area contributed by atoms with E-state index < -0.39 is 18.0 Å². The van der Waals surface area contributed by atoms with Crippen molar-refractivity contribution in [2.45, 2.75) is 37.8 Å². The number of Topliss-reactive ketones (excluding diaryl/α,β-unsaturated/α-hetero) is 1. The lowest BCUT2D eigenvalue weighted by molar-refractivity contribution is -0.134. The Labute approximate surface area is 216 Å². The number of hydrogen-bond donors (Lipinski definition) is 4. The first-order chi connectivity index (χ1) is 16.7. The molecule has 0 spiro atoms. The maximum absolute atomic E-state index is 13.2. The Balaban J connectivity index is 2.09. The molecular weight excluding hydrogens is 489 g/mol. The van der Waals surface area contributed by atoms with Gasteiger partial charge in [0.2, 0.25) is 11.8 Å². The predicted octanol–water partition coefficient (Wildman–Crippen LogP) is 1.69. The van der Waals surface area contributed by atoms with E-state index >= 15 is 0 Å². The third-order valence-corrected chi connectivity index (χ3v) is 6.25. The topological polar surface area (TPSA) is 145 Å². The van der Waals surface area contributed by atoms with Gasteiger partial charge in [0.15, 0.2) is 5.78 Å². The minimum atomic E-state index is -1.11. The van der Waals surface area contributed by atoms with E-state index in [4.69, 9.17) is 40.4 Å². The van der Waals surface area contributed by atoms with E-state index in [9.17, 15) is 14.4 Å². The Hall–Kier alpha value is -2.49. The molecule has 7 N–H and O–H groups in total. The molecule has 0 unspecified atom stereocenters. The molecule has 2 rings (SSSR count). The summed E-state index contributed by atoms with van der Waals surface area (Å²) in [5.74, 6) is -1.08. The number of hydrogen-bond acceptors (Lipinski definition) is 6. The van der Waals surface area contributed by atoms with Crippen LogP contribution in [0.2, 0.25) is 10.0 Å². The Bertz CT molecular complexity index is 984. The van der Waals surface area contributed by atoms with Crippen molar-refractivity contribution < 1.29 is 14.4 Å². The number of rotatable bonds is 14. The standard InChI is InChI=1S/C25H33Cl2N5O3/c26-19-8-6-18(14-20(19)27)15-23(33)22(9-7-17-4-2-1-3-5-17)31-25(35)21(30)16-24(34)32(12-10-28)13-11-29/h1-6,8,14,21-22H,7,9-13,15-16,28-30H2,(H,31,35)/t21-,22-/m0/s1. The molecule has 0 fully saturated rings. The van der Waals surface area contributed by atoms with E-state index in [-0.39, 0.29) is 37.6 Å². The van der Waals surface area contributed by atoms with Gasteiger partial charge in [-0.05, 0) is 36.1 Å². The quantitative estimate of drug-likeness (QED) is 0.297. The molecule has 0 heterocycles. The Morgan fingerprint density at radius 3 is 2.17 bits per heavy atom. The number of nitrogens with zero attached hydrogens (tertiary/aromatic N) is 1. The van der Waals surface area contributed by atoms with Crippen molar-refractivity contribution in [3.05, 3.63) is 69.7 Å². The van der Waals surface area contributed by atoms with Gasteiger partial charge in [0.25, 0.3) is 0 Å². The highest BCUT2D eigenvalue weighted by Gasteiger charge is 2.26. The number of nitrogens with one attached hydrogen (secondary N) is 1. The molecule has 0 aliphatic rings. The number of nitrogens with two attached hydrogens (primary N) is 3. The van der Waals surface area contributed by atoms with Gasteiger partial charge in [0, 0.05) is 32.6 Å². The summed E-state index contributed by atoms with van der Waals surface area (Å²) in [6, 6.07) is 12.7. The highest BCUT2D eigenvalue weighted by Crippen LogP contribution is 2.23. The molecule has 0 saturated heterocycles. The zero-order valence-electron chi connectivity index (χ0n) is 19.6. The van der Waals surface area contributed by atoms with Crippen LogP contribution in [0.5, 0.6) is 0 Å². The van der Waals surface area contributed by atoms with Gasteiger partial charge in [-0.25, -0.2) is 0 Å². The van der Waals surface area contributed by atoms with E-state index in [1.807, 2.05) is 30.3 Å². The summed E-state index contributed by atoms with van der Waals surface area (Å²) in [5, 5.41) is 3.49. The van der Waals surface area contributed by atoms with Gasteiger partial charge in [-0.3, -0.25) is 14.4 Å². The maximum atomic E-state index is 13.2. The molecule has 8 nitrogen and oxygen atoms in total. The van der Waals surface area contributed by atoms with E-state index in [0.717, 1.165) is 5.56 Å².